The van der Waals surface area contributed by atoms with Crippen LogP contribution >= 0.6 is 11.6 Å². The van der Waals surface area contributed by atoms with E-state index in [9.17, 15) is 0 Å². The summed E-state index contributed by atoms with van der Waals surface area (Å²) in [7, 11) is 0. The highest BCUT2D eigenvalue weighted by molar-refractivity contribution is 6.31. The summed E-state index contributed by atoms with van der Waals surface area (Å²) >= 11 is 5.73. The maximum Gasteiger partial charge on any atom is 0.0605 e. The Balaban J connectivity index is 3.04. The zero-order valence-electron chi connectivity index (χ0n) is 5.56. The summed E-state index contributed by atoms with van der Waals surface area (Å²) in [5.74, 6) is 0. The first-order valence-electron chi connectivity index (χ1n) is 2.90. The molecule has 0 bridgehead atoms. The van der Waals surface area contributed by atoms with Crippen LogP contribution in [0.4, 0.5) is 5.69 Å². The fourth-order valence-corrected chi connectivity index (χ4v) is 0.832. The Kier molecular flexibility index (Phi) is 2.14. The SMILES string of the molecule is Cc1cc(NO)ccc1Cl. The van der Waals surface area contributed by atoms with Crippen LogP contribution in [0.3, 0.4) is 0 Å². The Hall–Kier alpha value is -0.730. The van der Waals surface area contributed by atoms with Crippen LogP contribution in [0.2, 0.25) is 5.02 Å². The quantitative estimate of drug-likeness (QED) is 0.614. The van der Waals surface area contributed by atoms with E-state index < -0.39 is 0 Å². The van der Waals surface area contributed by atoms with Crippen LogP contribution in [-0.4, -0.2) is 5.21 Å². The summed E-state index contributed by atoms with van der Waals surface area (Å²) in [6.07, 6.45) is 0. The van der Waals surface area contributed by atoms with Gasteiger partial charge in [-0.2, -0.15) is 0 Å². The highest BCUT2D eigenvalue weighted by Crippen LogP contribution is 2.18. The van der Waals surface area contributed by atoms with Gasteiger partial charge in [0, 0.05) is 5.02 Å². The second-order valence-corrected chi connectivity index (χ2v) is 2.48. The number of hydrogen-bond donors (Lipinski definition) is 2. The number of hydrogen-bond acceptors (Lipinski definition) is 2. The van der Waals surface area contributed by atoms with Gasteiger partial charge in [-0.3, -0.25) is 10.7 Å². The zero-order chi connectivity index (χ0) is 7.56. The molecular formula is C7H8ClNO. The molecule has 0 fully saturated rings. The van der Waals surface area contributed by atoms with E-state index in [1.165, 1.54) is 0 Å². The van der Waals surface area contributed by atoms with Gasteiger partial charge in [0.25, 0.3) is 0 Å². The summed E-state index contributed by atoms with van der Waals surface area (Å²) in [6, 6.07) is 5.20. The summed E-state index contributed by atoms with van der Waals surface area (Å²) < 4.78 is 0. The van der Waals surface area contributed by atoms with E-state index in [1.807, 2.05) is 12.4 Å². The number of benzene rings is 1. The largest absolute Gasteiger partial charge is 0.291 e. The molecule has 10 heavy (non-hydrogen) atoms. The molecule has 1 aromatic rings. The van der Waals surface area contributed by atoms with Gasteiger partial charge in [0.15, 0.2) is 0 Å². The van der Waals surface area contributed by atoms with Gasteiger partial charge in [-0.25, -0.2) is 0 Å². The lowest BCUT2D eigenvalue weighted by atomic mass is 10.2. The molecule has 2 nitrogen and oxygen atoms in total. The first kappa shape index (κ1) is 7.38. The molecule has 0 saturated heterocycles. The minimum Gasteiger partial charge on any atom is -0.291 e. The Bertz CT molecular complexity index is 237. The van der Waals surface area contributed by atoms with E-state index in [0.717, 1.165) is 5.56 Å². The normalized spacial score (nSPS) is 9.50. The van der Waals surface area contributed by atoms with E-state index in [4.69, 9.17) is 16.8 Å². The average molecular weight is 158 g/mol. The van der Waals surface area contributed by atoms with Crippen LogP contribution in [0.15, 0.2) is 18.2 Å². The molecule has 2 N–H and O–H groups in total. The molecule has 0 aliphatic heterocycles. The first-order chi connectivity index (χ1) is 4.74. The molecule has 3 heteroatoms. The minimum absolute atomic E-state index is 0.655. The van der Waals surface area contributed by atoms with E-state index in [1.54, 1.807) is 18.2 Å². The van der Waals surface area contributed by atoms with E-state index in [-0.39, 0.29) is 0 Å². The van der Waals surface area contributed by atoms with Crippen molar-refractivity contribution in [1.82, 2.24) is 0 Å². The third kappa shape index (κ3) is 1.40. The lowest BCUT2D eigenvalue weighted by molar-refractivity contribution is 0.389. The highest BCUT2D eigenvalue weighted by Gasteiger charge is 1.94. The number of halogens is 1. The van der Waals surface area contributed by atoms with Crippen molar-refractivity contribution in [1.29, 1.82) is 0 Å². The number of anilines is 1. The average Bonchev–Trinajstić information content (AvgIpc) is 1.95. The Morgan fingerprint density at radius 1 is 1.50 bits per heavy atom. The summed E-state index contributed by atoms with van der Waals surface area (Å²) in [6.45, 7) is 1.88. The van der Waals surface area contributed by atoms with Gasteiger partial charge in [0.1, 0.15) is 0 Å². The smallest absolute Gasteiger partial charge is 0.0605 e. The summed E-state index contributed by atoms with van der Waals surface area (Å²) in [4.78, 5) is 0. The summed E-state index contributed by atoms with van der Waals surface area (Å²) in [5, 5.41) is 9.17. The molecule has 0 radical (unpaired) electrons. The van der Waals surface area contributed by atoms with Gasteiger partial charge in [0.2, 0.25) is 0 Å². The Labute approximate surface area is 64.4 Å². The van der Waals surface area contributed by atoms with Crippen molar-refractivity contribution < 1.29 is 5.21 Å². The van der Waals surface area contributed by atoms with Crippen LogP contribution in [-0.2, 0) is 0 Å². The second-order valence-electron chi connectivity index (χ2n) is 2.08. The van der Waals surface area contributed by atoms with Gasteiger partial charge in [0.05, 0.1) is 5.69 Å². The van der Waals surface area contributed by atoms with Crippen LogP contribution < -0.4 is 5.48 Å². The molecule has 0 aliphatic carbocycles. The van der Waals surface area contributed by atoms with Crippen LogP contribution in [0.25, 0.3) is 0 Å². The van der Waals surface area contributed by atoms with E-state index in [2.05, 4.69) is 0 Å². The maximum absolute atomic E-state index is 8.46. The molecule has 0 spiro atoms. The van der Waals surface area contributed by atoms with Gasteiger partial charge in [-0.15, -0.1) is 0 Å². The lowest BCUT2D eigenvalue weighted by Gasteiger charge is -2.00. The predicted octanol–water partition coefficient (Wildman–Crippen LogP) is 2.45. The predicted molar refractivity (Wildman–Crippen MR) is 41.6 cm³/mol. The molecule has 54 valence electrons. The molecule has 0 unspecified atom stereocenters. The molecule has 0 aliphatic rings. The zero-order valence-corrected chi connectivity index (χ0v) is 6.31. The number of rotatable bonds is 1. The van der Waals surface area contributed by atoms with Crippen LogP contribution in [0.1, 0.15) is 5.56 Å². The molecule has 0 heterocycles. The van der Waals surface area contributed by atoms with E-state index in [0.29, 0.717) is 10.7 Å². The van der Waals surface area contributed by atoms with Crippen molar-refractivity contribution in [3.8, 4) is 0 Å². The molecule has 0 atom stereocenters. The lowest BCUT2D eigenvalue weighted by Crippen LogP contribution is -1.88. The van der Waals surface area contributed by atoms with Gasteiger partial charge in [-0.05, 0) is 30.7 Å². The Morgan fingerprint density at radius 3 is 2.70 bits per heavy atom. The third-order valence-electron chi connectivity index (χ3n) is 1.29. The van der Waals surface area contributed by atoms with Crippen LogP contribution in [0.5, 0.6) is 0 Å². The van der Waals surface area contributed by atoms with Crippen molar-refractivity contribution in [2.75, 3.05) is 5.48 Å². The van der Waals surface area contributed by atoms with Crippen LogP contribution in [0, 0.1) is 6.92 Å². The standard InChI is InChI=1S/C7H8ClNO/c1-5-4-6(9-10)2-3-7(5)8/h2-4,9-10H,1H3. The monoisotopic (exact) mass is 157 g/mol. The minimum atomic E-state index is 0.655. The van der Waals surface area contributed by atoms with Gasteiger partial charge in [-0.1, -0.05) is 11.6 Å². The molecule has 1 rings (SSSR count). The van der Waals surface area contributed by atoms with Crippen molar-refractivity contribution in [3.63, 3.8) is 0 Å². The first-order valence-corrected chi connectivity index (χ1v) is 3.28. The third-order valence-corrected chi connectivity index (χ3v) is 1.71. The second kappa shape index (κ2) is 2.90. The van der Waals surface area contributed by atoms with E-state index >= 15 is 0 Å². The van der Waals surface area contributed by atoms with Gasteiger partial charge >= 0.3 is 0 Å². The number of aryl methyl sites for hydroxylation is 1. The molecule has 0 saturated carbocycles. The molecular weight excluding hydrogens is 150 g/mol. The fraction of sp³-hybridized carbons (Fsp3) is 0.143. The van der Waals surface area contributed by atoms with Crippen molar-refractivity contribution in [3.05, 3.63) is 28.8 Å². The summed E-state index contributed by atoms with van der Waals surface area (Å²) in [5.41, 5.74) is 3.64. The maximum atomic E-state index is 8.46. The fourth-order valence-electron chi connectivity index (χ4n) is 0.714. The molecule has 0 amide bonds. The molecule has 1 aromatic carbocycles. The number of nitrogens with one attached hydrogen (secondary N) is 1. The highest BCUT2D eigenvalue weighted by atomic mass is 35.5. The van der Waals surface area contributed by atoms with Crippen molar-refractivity contribution in [2.45, 2.75) is 6.92 Å². The topological polar surface area (TPSA) is 32.3 Å². The Morgan fingerprint density at radius 2 is 2.20 bits per heavy atom. The molecule has 0 aromatic heterocycles. The van der Waals surface area contributed by atoms with Gasteiger partial charge < -0.3 is 0 Å². The van der Waals surface area contributed by atoms with Crippen molar-refractivity contribution >= 4 is 17.3 Å². The van der Waals surface area contributed by atoms with Crippen molar-refractivity contribution in [2.24, 2.45) is 0 Å².